The molecule has 1 atom stereocenters. The minimum absolute atomic E-state index is 0.190. The SMILES string of the molecule is COc1cc(NC(=O)CN2CCOC(c3ccc(F)cc3)C2)c(OC)cc1Cl. The van der Waals surface area contributed by atoms with Crippen LogP contribution in [-0.2, 0) is 9.53 Å². The smallest absolute Gasteiger partial charge is 0.238 e. The molecule has 0 radical (unpaired) electrons. The molecule has 28 heavy (non-hydrogen) atoms. The van der Waals surface area contributed by atoms with Crippen molar-refractivity contribution in [2.45, 2.75) is 6.10 Å². The summed E-state index contributed by atoms with van der Waals surface area (Å²) in [6, 6.07) is 9.44. The summed E-state index contributed by atoms with van der Waals surface area (Å²) in [4.78, 5) is 14.5. The molecule has 150 valence electrons. The van der Waals surface area contributed by atoms with Gasteiger partial charge in [0.15, 0.2) is 0 Å². The number of nitrogens with one attached hydrogen (secondary N) is 1. The van der Waals surface area contributed by atoms with E-state index in [4.69, 9.17) is 25.8 Å². The van der Waals surface area contributed by atoms with Gasteiger partial charge >= 0.3 is 0 Å². The van der Waals surface area contributed by atoms with Crippen LogP contribution in [-0.4, -0.2) is 51.3 Å². The molecule has 1 aliphatic rings. The molecule has 2 aromatic carbocycles. The number of carbonyl (C=O) groups excluding carboxylic acids is 1. The van der Waals surface area contributed by atoms with E-state index in [1.807, 2.05) is 4.90 Å². The van der Waals surface area contributed by atoms with Gasteiger partial charge < -0.3 is 19.5 Å². The Morgan fingerprint density at radius 1 is 1.25 bits per heavy atom. The predicted molar refractivity (Wildman–Crippen MR) is 105 cm³/mol. The zero-order valence-corrected chi connectivity index (χ0v) is 16.5. The highest BCUT2D eigenvalue weighted by Gasteiger charge is 2.24. The Morgan fingerprint density at radius 2 is 1.96 bits per heavy atom. The normalized spacial score (nSPS) is 17.2. The largest absolute Gasteiger partial charge is 0.495 e. The number of rotatable bonds is 6. The van der Waals surface area contributed by atoms with E-state index >= 15 is 0 Å². The van der Waals surface area contributed by atoms with Crippen molar-refractivity contribution >= 4 is 23.2 Å². The Labute approximate surface area is 168 Å². The molecular weight excluding hydrogens is 387 g/mol. The van der Waals surface area contributed by atoms with Crippen LogP contribution in [0.1, 0.15) is 11.7 Å². The molecule has 0 bridgehead atoms. The van der Waals surface area contributed by atoms with E-state index < -0.39 is 0 Å². The van der Waals surface area contributed by atoms with Gasteiger partial charge in [0.25, 0.3) is 0 Å². The molecule has 1 heterocycles. The lowest BCUT2D eigenvalue weighted by Gasteiger charge is -2.32. The fourth-order valence-electron chi connectivity index (χ4n) is 3.08. The maximum absolute atomic E-state index is 13.1. The van der Waals surface area contributed by atoms with Crippen LogP contribution in [0.4, 0.5) is 10.1 Å². The van der Waals surface area contributed by atoms with Gasteiger partial charge in [0.1, 0.15) is 17.3 Å². The summed E-state index contributed by atoms with van der Waals surface area (Å²) >= 11 is 6.09. The summed E-state index contributed by atoms with van der Waals surface area (Å²) in [7, 11) is 3.01. The first-order valence-corrected chi connectivity index (χ1v) is 9.18. The second-order valence-corrected chi connectivity index (χ2v) is 6.79. The number of anilines is 1. The number of nitrogens with zero attached hydrogens (tertiary/aromatic N) is 1. The second kappa shape index (κ2) is 9.23. The number of methoxy groups -OCH3 is 2. The van der Waals surface area contributed by atoms with Gasteiger partial charge in [0, 0.05) is 25.2 Å². The predicted octanol–water partition coefficient (Wildman–Crippen LogP) is 3.51. The van der Waals surface area contributed by atoms with Gasteiger partial charge in [0.2, 0.25) is 5.91 Å². The summed E-state index contributed by atoms with van der Waals surface area (Å²) < 4.78 is 29.4. The van der Waals surface area contributed by atoms with E-state index in [0.29, 0.717) is 41.9 Å². The van der Waals surface area contributed by atoms with Crippen LogP contribution in [0.15, 0.2) is 36.4 Å². The minimum atomic E-state index is -0.289. The van der Waals surface area contributed by atoms with Gasteiger partial charge in [-0.15, -0.1) is 0 Å². The van der Waals surface area contributed by atoms with E-state index in [-0.39, 0.29) is 24.4 Å². The molecule has 8 heteroatoms. The number of halogens is 2. The third-order valence-electron chi connectivity index (χ3n) is 4.51. The third kappa shape index (κ3) is 4.92. The molecule has 0 spiro atoms. The quantitative estimate of drug-likeness (QED) is 0.792. The van der Waals surface area contributed by atoms with Crippen LogP contribution in [0.25, 0.3) is 0 Å². The lowest BCUT2D eigenvalue weighted by Crippen LogP contribution is -2.42. The number of ether oxygens (including phenoxy) is 3. The summed E-state index contributed by atoms with van der Waals surface area (Å²) in [5.74, 6) is 0.413. The zero-order valence-electron chi connectivity index (χ0n) is 15.7. The van der Waals surface area contributed by atoms with E-state index in [1.165, 1.54) is 26.4 Å². The van der Waals surface area contributed by atoms with Crippen molar-refractivity contribution in [1.29, 1.82) is 0 Å². The number of morpholine rings is 1. The summed E-state index contributed by atoms with van der Waals surface area (Å²) in [6.07, 6.45) is -0.202. The molecule has 6 nitrogen and oxygen atoms in total. The molecule has 0 aliphatic carbocycles. The number of hydrogen-bond acceptors (Lipinski definition) is 5. The van der Waals surface area contributed by atoms with E-state index in [0.717, 1.165) is 5.56 Å². The van der Waals surface area contributed by atoms with Gasteiger partial charge in [-0.05, 0) is 17.7 Å². The molecule has 0 aromatic heterocycles. The molecule has 1 aliphatic heterocycles. The Morgan fingerprint density at radius 3 is 2.64 bits per heavy atom. The van der Waals surface area contributed by atoms with Gasteiger partial charge in [-0.2, -0.15) is 0 Å². The van der Waals surface area contributed by atoms with Gasteiger partial charge in [-0.3, -0.25) is 9.69 Å². The van der Waals surface area contributed by atoms with Gasteiger partial charge in [-0.1, -0.05) is 23.7 Å². The fourth-order valence-corrected chi connectivity index (χ4v) is 3.31. The summed E-state index contributed by atoms with van der Waals surface area (Å²) in [6.45, 7) is 1.86. The van der Waals surface area contributed by atoms with Crippen LogP contribution in [0.2, 0.25) is 5.02 Å². The Balaban J connectivity index is 1.64. The number of benzene rings is 2. The lowest BCUT2D eigenvalue weighted by atomic mass is 10.1. The molecule has 1 N–H and O–H groups in total. The number of carbonyl (C=O) groups is 1. The molecule has 1 unspecified atom stereocenters. The van der Waals surface area contributed by atoms with E-state index in [2.05, 4.69) is 5.32 Å². The van der Waals surface area contributed by atoms with E-state index in [9.17, 15) is 9.18 Å². The summed E-state index contributed by atoms with van der Waals surface area (Å²) in [5.41, 5.74) is 1.37. The molecule has 1 amide bonds. The van der Waals surface area contributed by atoms with Crippen LogP contribution in [0.5, 0.6) is 11.5 Å². The van der Waals surface area contributed by atoms with Crippen LogP contribution < -0.4 is 14.8 Å². The molecule has 1 saturated heterocycles. The fraction of sp³-hybridized carbons (Fsp3) is 0.350. The molecule has 1 fully saturated rings. The minimum Gasteiger partial charge on any atom is -0.495 e. The average molecular weight is 409 g/mol. The van der Waals surface area contributed by atoms with Crippen molar-refractivity contribution in [3.8, 4) is 11.5 Å². The Kier molecular flexibility index (Phi) is 6.72. The van der Waals surface area contributed by atoms with Gasteiger partial charge in [0.05, 0.1) is 44.2 Å². The van der Waals surface area contributed by atoms with Crippen LogP contribution in [0.3, 0.4) is 0 Å². The molecular formula is C20H22ClFN2O4. The first-order chi connectivity index (χ1) is 13.5. The van der Waals surface area contributed by atoms with Crippen LogP contribution in [0, 0.1) is 5.82 Å². The Hall–Kier alpha value is -2.35. The zero-order chi connectivity index (χ0) is 20.1. The first kappa shape index (κ1) is 20.4. The maximum atomic E-state index is 13.1. The first-order valence-electron chi connectivity index (χ1n) is 8.81. The Bertz CT molecular complexity index is 832. The average Bonchev–Trinajstić information content (AvgIpc) is 2.69. The standard InChI is InChI=1S/C20H22ClFN2O4/c1-26-17-10-16(18(27-2)9-15(17)21)23-20(25)12-24-7-8-28-19(11-24)13-3-5-14(22)6-4-13/h3-6,9-10,19H,7-8,11-12H2,1-2H3,(H,23,25). The number of hydrogen-bond donors (Lipinski definition) is 1. The highest BCUT2D eigenvalue weighted by molar-refractivity contribution is 6.32. The van der Waals surface area contributed by atoms with Crippen molar-refractivity contribution in [3.05, 3.63) is 52.8 Å². The highest BCUT2D eigenvalue weighted by atomic mass is 35.5. The second-order valence-electron chi connectivity index (χ2n) is 6.38. The summed E-state index contributed by atoms with van der Waals surface area (Å²) in [5, 5.41) is 3.23. The maximum Gasteiger partial charge on any atom is 0.238 e. The molecule has 3 rings (SSSR count). The number of amides is 1. The highest BCUT2D eigenvalue weighted by Crippen LogP contribution is 2.35. The monoisotopic (exact) mass is 408 g/mol. The van der Waals surface area contributed by atoms with Crippen molar-refractivity contribution in [1.82, 2.24) is 4.90 Å². The molecule has 0 saturated carbocycles. The van der Waals surface area contributed by atoms with Crippen LogP contribution >= 0.6 is 11.6 Å². The van der Waals surface area contributed by atoms with Crippen molar-refractivity contribution in [2.75, 3.05) is 45.8 Å². The van der Waals surface area contributed by atoms with E-state index in [1.54, 1.807) is 24.3 Å². The lowest BCUT2D eigenvalue weighted by molar-refractivity contribution is -0.119. The molecule has 2 aromatic rings. The van der Waals surface area contributed by atoms with Crippen molar-refractivity contribution in [3.63, 3.8) is 0 Å². The third-order valence-corrected chi connectivity index (χ3v) is 4.80. The van der Waals surface area contributed by atoms with Gasteiger partial charge in [-0.25, -0.2) is 4.39 Å². The van der Waals surface area contributed by atoms with Crippen molar-refractivity contribution < 1.29 is 23.4 Å². The topological polar surface area (TPSA) is 60.0 Å². The van der Waals surface area contributed by atoms with Crippen molar-refractivity contribution in [2.24, 2.45) is 0 Å².